The zero-order valence-corrected chi connectivity index (χ0v) is 4.61. The van der Waals surface area contributed by atoms with Crippen LogP contribution in [-0.2, 0) is 4.79 Å². The number of carbonyl (C=O) groups is 1. The standard InChI is InChI=1S/C3H7NO2S/c5-3(6)1-2-4-7/h4,7H,1-2H2,(H,5,6). The first-order chi connectivity index (χ1) is 3.27. The molecule has 4 heteroatoms. The molecule has 3 nitrogen and oxygen atoms in total. The van der Waals surface area contributed by atoms with Crippen molar-refractivity contribution in [3.63, 3.8) is 0 Å². The molecule has 0 rings (SSSR count). The van der Waals surface area contributed by atoms with Gasteiger partial charge in [0.25, 0.3) is 0 Å². The number of rotatable bonds is 3. The van der Waals surface area contributed by atoms with Crippen LogP contribution in [0.1, 0.15) is 6.42 Å². The number of hydrogen-bond acceptors (Lipinski definition) is 3. The van der Waals surface area contributed by atoms with E-state index in [1.807, 2.05) is 0 Å². The molecule has 0 amide bonds. The predicted molar refractivity (Wildman–Crippen MR) is 29.2 cm³/mol. The Morgan fingerprint density at radius 1 is 1.86 bits per heavy atom. The quantitative estimate of drug-likeness (QED) is 0.457. The van der Waals surface area contributed by atoms with Crippen LogP contribution in [0.5, 0.6) is 0 Å². The van der Waals surface area contributed by atoms with Crippen molar-refractivity contribution in [2.24, 2.45) is 0 Å². The van der Waals surface area contributed by atoms with E-state index in [0.717, 1.165) is 0 Å². The number of thiol groups is 1. The third kappa shape index (κ3) is 5.78. The Morgan fingerprint density at radius 3 is 2.57 bits per heavy atom. The largest absolute Gasteiger partial charge is 0.481 e. The highest BCUT2D eigenvalue weighted by Crippen LogP contribution is 1.73. The van der Waals surface area contributed by atoms with Gasteiger partial charge in [-0.1, -0.05) is 12.8 Å². The molecule has 0 radical (unpaired) electrons. The van der Waals surface area contributed by atoms with Crippen molar-refractivity contribution in [1.29, 1.82) is 0 Å². The molecule has 42 valence electrons. The van der Waals surface area contributed by atoms with Crippen molar-refractivity contribution >= 4 is 18.8 Å². The van der Waals surface area contributed by atoms with Crippen molar-refractivity contribution in [3.05, 3.63) is 0 Å². The van der Waals surface area contributed by atoms with E-state index in [1.165, 1.54) is 0 Å². The highest BCUT2D eigenvalue weighted by atomic mass is 32.1. The lowest BCUT2D eigenvalue weighted by Gasteiger charge is -1.87. The predicted octanol–water partition coefficient (Wildman–Crippen LogP) is -0.104. The normalized spacial score (nSPS) is 8.71. The van der Waals surface area contributed by atoms with Gasteiger partial charge in [0.1, 0.15) is 0 Å². The molecular weight excluding hydrogens is 114 g/mol. The molecule has 0 aromatic carbocycles. The average Bonchev–Trinajstić information content (AvgIpc) is 1.61. The van der Waals surface area contributed by atoms with Crippen LogP contribution in [0.3, 0.4) is 0 Å². The van der Waals surface area contributed by atoms with Crippen LogP contribution in [0.2, 0.25) is 0 Å². The average molecular weight is 121 g/mol. The van der Waals surface area contributed by atoms with Gasteiger partial charge in [-0.15, -0.1) is 0 Å². The molecule has 0 aromatic rings. The minimum atomic E-state index is -0.804. The molecule has 0 saturated heterocycles. The molecular formula is C3H7NO2S. The summed E-state index contributed by atoms with van der Waals surface area (Å²) in [6.45, 7) is 0.415. The second-order valence-corrected chi connectivity index (χ2v) is 1.37. The monoisotopic (exact) mass is 121 g/mol. The first kappa shape index (κ1) is 6.78. The van der Waals surface area contributed by atoms with Crippen molar-refractivity contribution < 1.29 is 9.90 Å². The molecule has 0 aliphatic carbocycles. The highest BCUT2D eigenvalue weighted by molar-refractivity contribution is 7.78. The Hall–Kier alpha value is -0.220. The van der Waals surface area contributed by atoms with Gasteiger partial charge < -0.3 is 5.11 Å². The van der Waals surface area contributed by atoms with Gasteiger partial charge in [-0.25, -0.2) is 0 Å². The fourth-order valence-electron chi connectivity index (χ4n) is 0.163. The molecule has 0 heterocycles. The summed E-state index contributed by atoms with van der Waals surface area (Å²) in [7, 11) is 0. The Balaban J connectivity index is 2.82. The van der Waals surface area contributed by atoms with Crippen LogP contribution in [0.15, 0.2) is 0 Å². The van der Waals surface area contributed by atoms with Gasteiger partial charge in [0.15, 0.2) is 0 Å². The highest BCUT2D eigenvalue weighted by Gasteiger charge is 1.90. The van der Waals surface area contributed by atoms with E-state index in [9.17, 15) is 4.79 Å². The Labute approximate surface area is 47.3 Å². The van der Waals surface area contributed by atoms with Gasteiger partial charge in [-0.3, -0.25) is 9.52 Å². The van der Waals surface area contributed by atoms with Crippen molar-refractivity contribution in [1.82, 2.24) is 4.72 Å². The second kappa shape index (κ2) is 3.95. The van der Waals surface area contributed by atoms with Crippen LogP contribution in [0.25, 0.3) is 0 Å². The Morgan fingerprint density at radius 2 is 2.43 bits per heavy atom. The van der Waals surface area contributed by atoms with Crippen molar-refractivity contribution in [2.75, 3.05) is 6.54 Å². The fourth-order valence-corrected chi connectivity index (χ4v) is 0.275. The molecule has 0 atom stereocenters. The molecule has 0 aromatic heterocycles. The number of aliphatic carboxylic acids is 1. The maximum absolute atomic E-state index is 9.68. The molecule has 7 heavy (non-hydrogen) atoms. The van der Waals surface area contributed by atoms with E-state index >= 15 is 0 Å². The topological polar surface area (TPSA) is 49.3 Å². The van der Waals surface area contributed by atoms with E-state index in [1.54, 1.807) is 0 Å². The lowest BCUT2D eigenvalue weighted by molar-refractivity contribution is -0.136. The first-order valence-corrected chi connectivity index (χ1v) is 2.31. The van der Waals surface area contributed by atoms with Crippen LogP contribution in [0, 0.1) is 0 Å². The van der Waals surface area contributed by atoms with Gasteiger partial charge in [-0.2, -0.15) is 0 Å². The van der Waals surface area contributed by atoms with Gasteiger partial charge in [-0.05, 0) is 0 Å². The lowest BCUT2D eigenvalue weighted by Crippen LogP contribution is -2.07. The van der Waals surface area contributed by atoms with Gasteiger partial charge in [0.2, 0.25) is 0 Å². The fraction of sp³-hybridized carbons (Fsp3) is 0.667. The SMILES string of the molecule is O=C(O)CCNS. The second-order valence-electron chi connectivity index (χ2n) is 1.05. The zero-order valence-electron chi connectivity index (χ0n) is 3.72. The minimum Gasteiger partial charge on any atom is -0.481 e. The van der Waals surface area contributed by atoms with E-state index < -0.39 is 5.97 Å². The number of nitrogens with one attached hydrogen (secondary N) is 1. The number of hydrogen-bond donors (Lipinski definition) is 3. The molecule has 0 aliphatic rings. The minimum absolute atomic E-state index is 0.128. The zero-order chi connectivity index (χ0) is 5.70. The first-order valence-electron chi connectivity index (χ1n) is 1.86. The molecule has 0 bridgehead atoms. The van der Waals surface area contributed by atoms with E-state index in [0.29, 0.717) is 6.54 Å². The molecule has 0 spiro atoms. The summed E-state index contributed by atoms with van der Waals surface area (Å²) in [5, 5.41) is 7.97. The maximum Gasteiger partial charge on any atom is 0.304 e. The summed E-state index contributed by atoms with van der Waals surface area (Å²) < 4.78 is 2.41. The van der Waals surface area contributed by atoms with Gasteiger partial charge in [0, 0.05) is 6.54 Å². The van der Waals surface area contributed by atoms with E-state index in [2.05, 4.69) is 17.5 Å². The van der Waals surface area contributed by atoms with Crippen molar-refractivity contribution in [2.45, 2.75) is 6.42 Å². The van der Waals surface area contributed by atoms with Crippen LogP contribution in [0.4, 0.5) is 0 Å². The molecule has 0 aliphatic heterocycles. The summed E-state index contributed by atoms with van der Waals surface area (Å²) in [4.78, 5) is 9.68. The van der Waals surface area contributed by atoms with Gasteiger partial charge >= 0.3 is 5.97 Å². The smallest absolute Gasteiger partial charge is 0.304 e. The van der Waals surface area contributed by atoms with E-state index in [4.69, 9.17) is 5.11 Å². The van der Waals surface area contributed by atoms with Gasteiger partial charge in [0.05, 0.1) is 6.42 Å². The summed E-state index contributed by atoms with van der Waals surface area (Å²) in [5.74, 6) is -0.804. The van der Waals surface area contributed by atoms with Crippen LogP contribution in [-0.4, -0.2) is 17.6 Å². The van der Waals surface area contributed by atoms with E-state index in [-0.39, 0.29) is 6.42 Å². The maximum atomic E-state index is 9.68. The van der Waals surface area contributed by atoms with Crippen LogP contribution >= 0.6 is 12.8 Å². The Bertz CT molecular complexity index is 66.0. The number of carboxylic acid groups (broad SMARTS) is 1. The summed E-state index contributed by atoms with van der Waals surface area (Å²) in [6.07, 6.45) is 0.128. The molecule has 0 saturated carbocycles. The van der Waals surface area contributed by atoms with Crippen molar-refractivity contribution in [3.8, 4) is 0 Å². The third-order valence-corrected chi connectivity index (χ3v) is 0.674. The summed E-state index contributed by atoms with van der Waals surface area (Å²) in [6, 6.07) is 0. The summed E-state index contributed by atoms with van der Waals surface area (Å²) >= 11 is 3.58. The van der Waals surface area contributed by atoms with Crippen LogP contribution < -0.4 is 4.72 Å². The Kier molecular flexibility index (Phi) is 3.83. The lowest BCUT2D eigenvalue weighted by atomic mass is 10.5. The molecule has 0 unspecified atom stereocenters. The third-order valence-electron chi connectivity index (χ3n) is 0.451. The summed E-state index contributed by atoms with van der Waals surface area (Å²) in [5.41, 5.74) is 0. The number of carboxylic acids is 1. The molecule has 0 fully saturated rings. The molecule has 2 N–H and O–H groups in total.